The molecule has 7 atom stereocenters. The van der Waals surface area contributed by atoms with Gasteiger partial charge in [-0.2, -0.15) is 0 Å². The minimum Gasteiger partial charge on any atom is -0.394 e. The van der Waals surface area contributed by atoms with Gasteiger partial charge in [0.25, 0.3) is 0 Å². The quantitative estimate of drug-likeness (QED) is 0.0275. The highest BCUT2D eigenvalue weighted by Crippen LogP contribution is 2.22. The molecular formula is C44H83NO8. The van der Waals surface area contributed by atoms with Crippen LogP contribution in [0.4, 0.5) is 0 Å². The lowest BCUT2D eigenvalue weighted by molar-refractivity contribution is -0.302. The number of carbonyl (C=O) groups is 1. The lowest BCUT2D eigenvalue weighted by atomic mass is 9.99. The van der Waals surface area contributed by atoms with Crippen LogP contribution in [0.5, 0.6) is 0 Å². The Kier molecular flexibility index (Phi) is 32.9. The van der Waals surface area contributed by atoms with Gasteiger partial charge in [0, 0.05) is 6.42 Å². The number of carbonyl (C=O) groups excluding carboxylic acids is 1. The molecule has 1 aliphatic heterocycles. The second-order valence-electron chi connectivity index (χ2n) is 15.5. The predicted molar refractivity (Wildman–Crippen MR) is 217 cm³/mol. The summed E-state index contributed by atoms with van der Waals surface area (Å²) in [7, 11) is 0. The van der Waals surface area contributed by atoms with Crippen molar-refractivity contribution in [2.45, 2.75) is 236 Å². The van der Waals surface area contributed by atoms with Gasteiger partial charge in [-0.1, -0.05) is 179 Å². The van der Waals surface area contributed by atoms with E-state index >= 15 is 0 Å². The number of unbranched alkanes of at least 4 members (excludes halogenated alkanes) is 24. The molecule has 1 rings (SSSR count). The Morgan fingerprint density at radius 3 is 1.58 bits per heavy atom. The van der Waals surface area contributed by atoms with E-state index in [0.717, 1.165) is 38.5 Å². The summed E-state index contributed by atoms with van der Waals surface area (Å²) in [6.07, 6.45) is 33.8. The largest absolute Gasteiger partial charge is 0.394 e. The maximum absolute atomic E-state index is 12.9. The first-order chi connectivity index (χ1) is 25.8. The summed E-state index contributed by atoms with van der Waals surface area (Å²) in [4.78, 5) is 12.9. The van der Waals surface area contributed by atoms with Crippen LogP contribution in [0.25, 0.3) is 0 Å². The van der Waals surface area contributed by atoms with Crippen molar-refractivity contribution >= 4 is 5.91 Å². The van der Waals surface area contributed by atoms with Crippen LogP contribution in [0, 0.1) is 0 Å². The molecule has 0 aromatic carbocycles. The standard InChI is InChI=1S/C44H83NO8/c1-3-5-7-9-11-13-15-16-17-18-19-20-21-22-23-24-26-28-30-32-34-40(48)45-37(36-52-44-43(51)42(50)41(49)39(35-46)53-44)38(47)33-31-29-27-25-14-12-10-8-6-4-2/h14,25,31,33,37-39,41-44,46-47,49-51H,3-13,15-24,26-30,32,34-36H2,1-2H3,(H,45,48)/b25-14+,33-31+. The third-order valence-corrected chi connectivity index (χ3v) is 10.5. The summed E-state index contributed by atoms with van der Waals surface area (Å²) in [5.41, 5.74) is 0. The number of aliphatic hydroxyl groups is 5. The molecule has 1 amide bonds. The molecule has 9 heteroatoms. The summed E-state index contributed by atoms with van der Waals surface area (Å²) in [5, 5.41) is 54.0. The van der Waals surface area contributed by atoms with E-state index < -0.39 is 49.5 Å². The van der Waals surface area contributed by atoms with Gasteiger partial charge in [-0.15, -0.1) is 0 Å². The van der Waals surface area contributed by atoms with Crippen LogP contribution in [-0.4, -0.2) is 87.5 Å². The first-order valence-electron chi connectivity index (χ1n) is 22.1. The fourth-order valence-electron chi connectivity index (χ4n) is 6.94. The third-order valence-electron chi connectivity index (χ3n) is 10.5. The fraction of sp³-hybridized carbons (Fsp3) is 0.886. The highest BCUT2D eigenvalue weighted by atomic mass is 16.7. The van der Waals surface area contributed by atoms with E-state index in [1.54, 1.807) is 6.08 Å². The molecule has 0 saturated carbocycles. The van der Waals surface area contributed by atoms with Crippen molar-refractivity contribution in [3.05, 3.63) is 24.3 Å². The third kappa shape index (κ3) is 26.2. The number of hydrogen-bond acceptors (Lipinski definition) is 8. The van der Waals surface area contributed by atoms with E-state index in [9.17, 15) is 30.3 Å². The van der Waals surface area contributed by atoms with Crippen molar-refractivity contribution < 1.29 is 39.8 Å². The van der Waals surface area contributed by atoms with E-state index in [1.165, 1.54) is 135 Å². The van der Waals surface area contributed by atoms with Gasteiger partial charge in [-0.05, 0) is 32.1 Å². The Balaban J connectivity index is 2.31. The fourth-order valence-corrected chi connectivity index (χ4v) is 6.94. The Morgan fingerprint density at radius 1 is 0.623 bits per heavy atom. The Hall–Kier alpha value is -1.33. The zero-order chi connectivity index (χ0) is 38.8. The molecule has 312 valence electrons. The zero-order valence-electron chi connectivity index (χ0n) is 34.0. The van der Waals surface area contributed by atoms with E-state index in [-0.39, 0.29) is 12.5 Å². The summed E-state index contributed by atoms with van der Waals surface area (Å²) >= 11 is 0. The van der Waals surface area contributed by atoms with Crippen LogP contribution < -0.4 is 5.32 Å². The molecule has 1 fully saturated rings. The van der Waals surface area contributed by atoms with Crippen LogP contribution in [0.2, 0.25) is 0 Å². The van der Waals surface area contributed by atoms with Gasteiger partial charge in [0.2, 0.25) is 5.91 Å². The molecule has 0 aliphatic carbocycles. The summed E-state index contributed by atoms with van der Waals surface area (Å²) in [6.45, 7) is 3.72. The molecule has 1 heterocycles. The van der Waals surface area contributed by atoms with Gasteiger partial charge in [0.1, 0.15) is 24.4 Å². The van der Waals surface area contributed by atoms with Crippen molar-refractivity contribution in [2.75, 3.05) is 13.2 Å². The normalized spacial score (nSPS) is 21.8. The van der Waals surface area contributed by atoms with Gasteiger partial charge in [-0.3, -0.25) is 4.79 Å². The molecule has 7 unspecified atom stereocenters. The maximum Gasteiger partial charge on any atom is 0.220 e. The number of hydrogen-bond donors (Lipinski definition) is 6. The van der Waals surface area contributed by atoms with Crippen LogP contribution >= 0.6 is 0 Å². The van der Waals surface area contributed by atoms with E-state index in [2.05, 4.69) is 31.3 Å². The average Bonchev–Trinajstić information content (AvgIpc) is 3.16. The van der Waals surface area contributed by atoms with Crippen LogP contribution in [0.3, 0.4) is 0 Å². The lowest BCUT2D eigenvalue weighted by Crippen LogP contribution is -2.60. The number of amides is 1. The molecule has 0 spiro atoms. The molecule has 0 aromatic heterocycles. The number of nitrogens with one attached hydrogen (secondary N) is 1. The number of ether oxygens (including phenoxy) is 2. The molecule has 0 radical (unpaired) electrons. The maximum atomic E-state index is 12.9. The van der Waals surface area contributed by atoms with Crippen molar-refractivity contribution in [3.8, 4) is 0 Å². The Labute approximate surface area is 324 Å². The second kappa shape index (κ2) is 35.1. The highest BCUT2D eigenvalue weighted by molar-refractivity contribution is 5.76. The first kappa shape index (κ1) is 49.7. The molecular weight excluding hydrogens is 670 g/mol. The topological polar surface area (TPSA) is 149 Å². The minimum absolute atomic E-state index is 0.187. The molecule has 6 N–H and O–H groups in total. The smallest absolute Gasteiger partial charge is 0.220 e. The summed E-state index contributed by atoms with van der Waals surface area (Å²) in [6, 6.07) is -0.815. The number of rotatable bonds is 36. The molecule has 9 nitrogen and oxygen atoms in total. The van der Waals surface area contributed by atoms with Crippen LogP contribution in [0.15, 0.2) is 24.3 Å². The summed E-state index contributed by atoms with van der Waals surface area (Å²) < 4.78 is 11.2. The van der Waals surface area contributed by atoms with Crippen molar-refractivity contribution in [1.29, 1.82) is 0 Å². The van der Waals surface area contributed by atoms with Crippen molar-refractivity contribution in [2.24, 2.45) is 0 Å². The van der Waals surface area contributed by atoms with E-state index in [1.807, 2.05) is 6.08 Å². The highest BCUT2D eigenvalue weighted by Gasteiger charge is 2.44. The monoisotopic (exact) mass is 754 g/mol. The van der Waals surface area contributed by atoms with Gasteiger partial charge in [0.05, 0.1) is 25.4 Å². The van der Waals surface area contributed by atoms with Gasteiger partial charge < -0.3 is 40.3 Å². The van der Waals surface area contributed by atoms with Crippen LogP contribution in [-0.2, 0) is 14.3 Å². The Morgan fingerprint density at radius 2 is 1.08 bits per heavy atom. The SMILES string of the molecule is CCCCCC/C=C/CC/C=C/C(O)C(COC1OC(CO)C(O)C(O)C1O)NC(=O)CCCCCCCCCCCCCCCCCCCCCC. The van der Waals surface area contributed by atoms with Crippen molar-refractivity contribution in [3.63, 3.8) is 0 Å². The molecule has 0 aromatic rings. The molecule has 1 saturated heterocycles. The lowest BCUT2D eigenvalue weighted by Gasteiger charge is -2.40. The van der Waals surface area contributed by atoms with E-state index in [4.69, 9.17) is 9.47 Å². The van der Waals surface area contributed by atoms with E-state index in [0.29, 0.717) is 6.42 Å². The van der Waals surface area contributed by atoms with Gasteiger partial charge in [-0.25, -0.2) is 0 Å². The number of aliphatic hydroxyl groups excluding tert-OH is 5. The van der Waals surface area contributed by atoms with Crippen molar-refractivity contribution in [1.82, 2.24) is 5.32 Å². The first-order valence-corrected chi connectivity index (χ1v) is 22.1. The second-order valence-corrected chi connectivity index (χ2v) is 15.5. The number of allylic oxidation sites excluding steroid dienone is 3. The van der Waals surface area contributed by atoms with Gasteiger partial charge in [0.15, 0.2) is 6.29 Å². The molecule has 53 heavy (non-hydrogen) atoms. The van der Waals surface area contributed by atoms with Gasteiger partial charge >= 0.3 is 0 Å². The predicted octanol–water partition coefficient (Wildman–Crippen LogP) is 8.72. The molecule has 1 aliphatic rings. The average molecular weight is 754 g/mol. The minimum atomic E-state index is -1.57. The Bertz CT molecular complexity index is 883. The molecule has 0 bridgehead atoms. The zero-order valence-corrected chi connectivity index (χ0v) is 34.0. The summed E-state index contributed by atoms with van der Waals surface area (Å²) in [5.74, 6) is -0.187. The van der Waals surface area contributed by atoms with Crippen LogP contribution in [0.1, 0.15) is 194 Å².